The van der Waals surface area contributed by atoms with E-state index in [9.17, 15) is 0 Å². The molecule has 0 saturated carbocycles. The maximum atomic E-state index is 6.07. The lowest BCUT2D eigenvalue weighted by Gasteiger charge is -2.26. The summed E-state index contributed by atoms with van der Waals surface area (Å²) in [6, 6.07) is 7.86. The van der Waals surface area contributed by atoms with E-state index < -0.39 is 0 Å². The molecule has 1 aromatic carbocycles. The molecule has 20 heavy (non-hydrogen) atoms. The zero-order valence-electron chi connectivity index (χ0n) is 12.9. The minimum atomic E-state index is 0.00443. The third-order valence-electron chi connectivity index (χ3n) is 2.85. The van der Waals surface area contributed by atoms with Crippen LogP contribution in [0.4, 0.5) is 0 Å². The molecule has 4 heteroatoms. The van der Waals surface area contributed by atoms with Gasteiger partial charge >= 0.3 is 0 Å². The summed E-state index contributed by atoms with van der Waals surface area (Å²) < 4.78 is 11.0. The number of hydrogen-bond acceptors (Lipinski definition) is 3. The largest absolute Gasteiger partial charge is 0.385 e. The number of ether oxygens (including phenoxy) is 2. The van der Waals surface area contributed by atoms with Crippen molar-refractivity contribution in [2.45, 2.75) is 38.8 Å². The van der Waals surface area contributed by atoms with Gasteiger partial charge in [-0.15, -0.1) is 0 Å². The van der Waals surface area contributed by atoms with Gasteiger partial charge in [0.25, 0.3) is 0 Å². The van der Waals surface area contributed by atoms with Crippen molar-refractivity contribution in [2.24, 2.45) is 0 Å². The van der Waals surface area contributed by atoms with E-state index in [1.807, 2.05) is 18.2 Å². The first-order valence-electron chi connectivity index (χ1n) is 7.03. The van der Waals surface area contributed by atoms with Crippen LogP contribution < -0.4 is 5.32 Å². The van der Waals surface area contributed by atoms with E-state index in [1.165, 1.54) is 0 Å². The van der Waals surface area contributed by atoms with E-state index >= 15 is 0 Å². The SMILES string of the molecule is COCCCOC(CNC(C)(C)C)c1cccc(Cl)c1. The Bertz CT molecular complexity index is 390. The van der Waals surface area contributed by atoms with Gasteiger partial charge in [-0.05, 0) is 44.9 Å². The van der Waals surface area contributed by atoms with Crippen molar-refractivity contribution in [1.29, 1.82) is 0 Å². The fraction of sp³-hybridized carbons (Fsp3) is 0.625. The van der Waals surface area contributed by atoms with Crippen molar-refractivity contribution in [3.8, 4) is 0 Å². The Morgan fingerprint density at radius 3 is 2.60 bits per heavy atom. The number of hydrogen-bond donors (Lipinski definition) is 1. The average molecular weight is 300 g/mol. The van der Waals surface area contributed by atoms with Crippen molar-refractivity contribution in [3.63, 3.8) is 0 Å². The summed E-state index contributed by atoms with van der Waals surface area (Å²) in [6.07, 6.45) is 0.896. The van der Waals surface area contributed by atoms with Gasteiger partial charge < -0.3 is 14.8 Å². The highest BCUT2D eigenvalue weighted by Crippen LogP contribution is 2.21. The highest BCUT2D eigenvalue weighted by atomic mass is 35.5. The Morgan fingerprint density at radius 1 is 1.25 bits per heavy atom. The van der Waals surface area contributed by atoms with Crippen LogP contribution in [-0.2, 0) is 9.47 Å². The van der Waals surface area contributed by atoms with Gasteiger partial charge in [0.15, 0.2) is 0 Å². The highest BCUT2D eigenvalue weighted by molar-refractivity contribution is 6.30. The molecule has 0 spiro atoms. The molecule has 0 aliphatic heterocycles. The Morgan fingerprint density at radius 2 is 2.00 bits per heavy atom. The van der Waals surface area contributed by atoms with Crippen molar-refractivity contribution < 1.29 is 9.47 Å². The van der Waals surface area contributed by atoms with Gasteiger partial charge in [-0.2, -0.15) is 0 Å². The molecule has 1 atom stereocenters. The van der Waals surface area contributed by atoms with Crippen LogP contribution in [0.5, 0.6) is 0 Å². The van der Waals surface area contributed by atoms with E-state index in [0.29, 0.717) is 6.61 Å². The number of rotatable bonds is 8. The summed E-state index contributed by atoms with van der Waals surface area (Å²) in [6.45, 7) is 8.59. The van der Waals surface area contributed by atoms with Crippen LogP contribution in [0.3, 0.4) is 0 Å². The molecule has 0 heterocycles. The van der Waals surface area contributed by atoms with Gasteiger partial charge in [0.2, 0.25) is 0 Å². The molecule has 0 aliphatic carbocycles. The molecule has 1 unspecified atom stereocenters. The first kappa shape index (κ1) is 17.4. The van der Waals surface area contributed by atoms with Gasteiger partial charge in [0.1, 0.15) is 0 Å². The third-order valence-corrected chi connectivity index (χ3v) is 3.09. The molecule has 1 N–H and O–H groups in total. The zero-order chi connectivity index (χ0) is 15.0. The van der Waals surface area contributed by atoms with Crippen molar-refractivity contribution in [3.05, 3.63) is 34.9 Å². The van der Waals surface area contributed by atoms with E-state index in [1.54, 1.807) is 7.11 Å². The standard InChI is InChI=1S/C16H26ClNO2/c1-16(2,3)18-12-15(20-10-6-9-19-4)13-7-5-8-14(17)11-13/h5,7-8,11,15,18H,6,9-10,12H2,1-4H3. The fourth-order valence-electron chi connectivity index (χ4n) is 1.81. The van der Waals surface area contributed by atoms with Crippen LogP contribution in [0, 0.1) is 0 Å². The van der Waals surface area contributed by atoms with Gasteiger partial charge in [-0.25, -0.2) is 0 Å². The molecule has 0 aliphatic rings. The maximum Gasteiger partial charge on any atom is 0.0949 e. The monoisotopic (exact) mass is 299 g/mol. The highest BCUT2D eigenvalue weighted by Gasteiger charge is 2.16. The van der Waals surface area contributed by atoms with Crippen molar-refractivity contribution in [2.75, 3.05) is 26.9 Å². The van der Waals surface area contributed by atoms with Crippen LogP contribution in [0.2, 0.25) is 5.02 Å². The lowest BCUT2D eigenvalue weighted by atomic mass is 10.1. The summed E-state index contributed by atoms with van der Waals surface area (Å²) in [5.74, 6) is 0. The van der Waals surface area contributed by atoms with E-state index in [4.69, 9.17) is 21.1 Å². The van der Waals surface area contributed by atoms with Gasteiger partial charge in [0.05, 0.1) is 6.10 Å². The number of halogens is 1. The van der Waals surface area contributed by atoms with E-state index in [-0.39, 0.29) is 11.6 Å². The summed E-state index contributed by atoms with van der Waals surface area (Å²) in [7, 11) is 1.70. The normalized spacial score (nSPS) is 13.4. The molecule has 0 amide bonds. The predicted molar refractivity (Wildman–Crippen MR) is 84.4 cm³/mol. The molecule has 0 saturated heterocycles. The average Bonchev–Trinajstić information content (AvgIpc) is 2.36. The topological polar surface area (TPSA) is 30.5 Å². The smallest absolute Gasteiger partial charge is 0.0949 e. The predicted octanol–water partition coefficient (Wildman–Crippen LogP) is 3.82. The van der Waals surface area contributed by atoms with Crippen molar-refractivity contribution in [1.82, 2.24) is 5.32 Å². The first-order chi connectivity index (χ1) is 9.42. The Hall–Kier alpha value is -0.610. The molecule has 1 rings (SSSR count). The second kappa shape index (κ2) is 8.63. The first-order valence-corrected chi connectivity index (χ1v) is 7.41. The minimum Gasteiger partial charge on any atom is -0.385 e. The Kier molecular flexibility index (Phi) is 7.52. The molecular weight excluding hydrogens is 274 g/mol. The third kappa shape index (κ3) is 7.25. The molecule has 0 bridgehead atoms. The number of nitrogens with one attached hydrogen (secondary N) is 1. The summed E-state index contributed by atoms with van der Waals surface area (Å²) in [5.41, 5.74) is 1.17. The quantitative estimate of drug-likeness (QED) is 0.740. The second-order valence-corrected chi connectivity index (χ2v) is 6.33. The minimum absolute atomic E-state index is 0.00443. The summed E-state index contributed by atoms with van der Waals surface area (Å²) >= 11 is 6.07. The van der Waals surface area contributed by atoms with Gasteiger partial charge in [-0.1, -0.05) is 23.7 Å². The summed E-state index contributed by atoms with van der Waals surface area (Å²) in [5, 5.41) is 4.22. The van der Waals surface area contributed by atoms with Crippen LogP contribution in [-0.4, -0.2) is 32.4 Å². The number of methoxy groups -OCH3 is 1. The molecule has 1 aromatic rings. The summed E-state index contributed by atoms with van der Waals surface area (Å²) in [4.78, 5) is 0. The van der Waals surface area contributed by atoms with Crippen LogP contribution in [0.25, 0.3) is 0 Å². The van der Waals surface area contributed by atoms with E-state index in [0.717, 1.165) is 30.2 Å². The van der Waals surface area contributed by atoms with Crippen LogP contribution >= 0.6 is 11.6 Å². The fourth-order valence-corrected chi connectivity index (χ4v) is 2.01. The molecule has 0 aromatic heterocycles. The molecule has 0 radical (unpaired) electrons. The maximum absolute atomic E-state index is 6.07. The molecule has 3 nitrogen and oxygen atoms in total. The molecular formula is C16H26ClNO2. The van der Waals surface area contributed by atoms with Crippen LogP contribution in [0.15, 0.2) is 24.3 Å². The Labute approximate surface area is 127 Å². The van der Waals surface area contributed by atoms with Crippen LogP contribution in [0.1, 0.15) is 38.9 Å². The molecule has 0 fully saturated rings. The zero-order valence-corrected chi connectivity index (χ0v) is 13.7. The molecule has 114 valence electrons. The number of benzene rings is 1. The second-order valence-electron chi connectivity index (χ2n) is 5.89. The van der Waals surface area contributed by atoms with Gasteiger partial charge in [-0.3, -0.25) is 0 Å². The lowest BCUT2D eigenvalue weighted by molar-refractivity contribution is 0.0353. The van der Waals surface area contributed by atoms with E-state index in [2.05, 4.69) is 32.2 Å². The van der Waals surface area contributed by atoms with Gasteiger partial charge in [0, 0.05) is 37.4 Å². The van der Waals surface area contributed by atoms with Crippen molar-refractivity contribution >= 4 is 11.6 Å². The lowest BCUT2D eigenvalue weighted by Crippen LogP contribution is -2.39. The Balaban J connectivity index is 2.63.